The molecule has 0 aliphatic heterocycles. The van der Waals surface area contributed by atoms with Crippen LogP contribution in [0.25, 0.3) is 11.0 Å². The molecule has 1 aliphatic carbocycles. The van der Waals surface area contributed by atoms with E-state index < -0.39 is 5.91 Å². The highest BCUT2D eigenvalue weighted by molar-refractivity contribution is 6.30. The summed E-state index contributed by atoms with van der Waals surface area (Å²) in [5, 5.41) is 14.9. The summed E-state index contributed by atoms with van der Waals surface area (Å²) in [5.74, 6) is -0.389. The predicted molar refractivity (Wildman–Crippen MR) is 125 cm³/mol. The SMILES string of the molecule is O=C(Nc1ccc(Cl)cc1)c1cc2cccc(N(NCCO)C(=O)C3CCCCC3)c2o1. The molecule has 4 rings (SSSR count). The van der Waals surface area contributed by atoms with E-state index in [-0.39, 0.29) is 30.7 Å². The number of carbonyl (C=O) groups is 2. The number of rotatable bonds is 7. The minimum absolute atomic E-state index is 0.0470. The fourth-order valence-corrected chi connectivity index (χ4v) is 4.16. The molecule has 2 amide bonds. The number of furan rings is 1. The number of aliphatic hydroxyl groups is 1. The molecule has 0 atom stereocenters. The van der Waals surface area contributed by atoms with Crippen LogP contribution in [0, 0.1) is 5.92 Å². The van der Waals surface area contributed by atoms with Gasteiger partial charge in [-0.25, -0.2) is 10.4 Å². The second-order valence-electron chi connectivity index (χ2n) is 7.91. The van der Waals surface area contributed by atoms with Crippen molar-refractivity contribution < 1.29 is 19.1 Å². The molecule has 1 fully saturated rings. The summed E-state index contributed by atoms with van der Waals surface area (Å²) in [6, 6.07) is 13.9. The molecule has 3 aromatic rings. The van der Waals surface area contributed by atoms with Gasteiger partial charge in [0, 0.05) is 28.6 Å². The summed E-state index contributed by atoms with van der Waals surface area (Å²) in [6.45, 7) is 0.108. The van der Waals surface area contributed by atoms with E-state index in [9.17, 15) is 14.7 Å². The molecule has 168 valence electrons. The van der Waals surface area contributed by atoms with E-state index in [1.165, 1.54) is 5.01 Å². The van der Waals surface area contributed by atoms with Crippen molar-refractivity contribution in [2.24, 2.45) is 5.92 Å². The number of nitrogens with one attached hydrogen (secondary N) is 2. The number of para-hydroxylation sites is 1. The fraction of sp³-hybridized carbons (Fsp3) is 0.333. The lowest BCUT2D eigenvalue weighted by atomic mass is 9.88. The number of benzene rings is 2. The number of fused-ring (bicyclic) bond motifs is 1. The van der Waals surface area contributed by atoms with Crippen LogP contribution in [0.5, 0.6) is 0 Å². The van der Waals surface area contributed by atoms with Gasteiger partial charge in [0.15, 0.2) is 11.3 Å². The van der Waals surface area contributed by atoms with Crippen LogP contribution in [-0.2, 0) is 4.79 Å². The number of anilines is 2. The van der Waals surface area contributed by atoms with Crippen LogP contribution in [0.1, 0.15) is 42.7 Å². The molecule has 1 saturated carbocycles. The molecule has 7 nitrogen and oxygen atoms in total. The summed E-state index contributed by atoms with van der Waals surface area (Å²) in [7, 11) is 0. The van der Waals surface area contributed by atoms with E-state index in [1.807, 2.05) is 12.1 Å². The molecule has 0 bridgehead atoms. The Labute approximate surface area is 191 Å². The molecule has 1 aliphatic rings. The Morgan fingerprint density at radius 2 is 1.84 bits per heavy atom. The lowest BCUT2D eigenvalue weighted by molar-refractivity contribution is -0.124. The summed E-state index contributed by atoms with van der Waals surface area (Å²) in [4.78, 5) is 26.0. The number of amides is 2. The third kappa shape index (κ3) is 4.96. The highest BCUT2D eigenvalue weighted by atomic mass is 35.5. The molecule has 0 saturated heterocycles. The summed E-state index contributed by atoms with van der Waals surface area (Å²) >= 11 is 5.90. The monoisotopic (exact) mass is 455 g/mol. The zero-order chi connectivity index (χ0) is 22.5. The first-order valence-corrected chi connectivity index (χ1v) is 11.2. The van der Waals surface area contributed by atoms with Crippen molar-refractivity contribution in [1.29, 1.82) is 0 Å². The molecule has 0 unspecified atom stereocenters. The number of carbonyl (C=O) groups excluding carboxylic acids is 2. The van der Waals surface area contributed by atoms with Crippen LogP contribution in [0.2, 0.25) is 5.02 Å². The number of hydrogen-bond acceptors (Lipinski definition) is 5. The average molecular weight is 456 g/mol. The van der Waals surface area contributed by atoms with Gasteiger partial charge in [-0.05, 0) is 49.2 Å². The molecule has 1 heterocycles. The minimum Gasteiger partial charge on any atom is -0.449 e. The molecule has 0 spiro atoms. The largest absolute Gasteiger partial charge is 0.449 e. The Bertz CT molecular complexity index is 1090. The van der Waals surface area contributed by atoms with Crippen molar-refractivity contribution >= 4 is 45.8 Å². The van der Waals surface area contributed by atoms with Crippen molar-refractivity contribution in [3.63, 3.8) is 0 Å². The Morgan fingerprint density at radius 3 is 2.56 bits per heavy atom. The topological polar surface area (TPSA) is 94.8 Å². The van der Waals surface area contributed by atoms with E-state index in [4.69, 9.17) is 16.0 Å². The van der Waals surface area contributed by atoms with Crippen LogP contribution in [0.15, 0.2) is 52.9 Å². The quantitative estimate of drug-likeness (QED) is 0.447. The maximum Gasteiger partial charge on any atom is 0.291 e. The second kappa shape index (κ2) is 10.2. The normalized spacial score (nSPS) is 14.4. The lowest BCUT2D eigenvalue weighted by Gasteiger charge is -2.29. The van der Waals surface area contributed by atoms with Crippen LogP contribution < -0.4 is 15.8 Å². The Hall–Kier alpha value is -2.87. The van der Waals surface area contributed by atoms with Gasteiger partial charge in [-0.3, -0.25) is 9.59 Å². The van der Waals surface area contributed by atoms with Crippen molar-refractivity contribution in [3.8, 4) is 0 Å². The summed E-state index contributed by atoms with van der Waals surface area (Å²) < 4.78 is 5.92. The number of aliphatic hydroxyl groups excluding tert-OH is 1. The van der Waals surface area contributed by atoms with Crippen LogP contribution in [0.3, 0.4) is 0 Å². The number of hydrazine groups is 1. The second-order valence-corrected chi connectivity index (χ2v) is 8.34. The van der Waals surface area contributed by atoms with Gasteiger partial charge in [0.2, 0.25) is 5.91 Å². The number of nitrogens with zero attached hydrogens (tertiary/aromatic N) is 1. The average Bonchev–Trinajstić information content (AvgIpc) is 3.26. The predicted octanol–water partition coefficient (Wildman–Crippen LogP) is 4.75. The molecular weight excluding hydrogens is 430 g/mol. The highest BCUT2D eigenvalue weighted by Crippen LogP contribution is 2.32. The Balaban J connectivity index is 1.63. The maximum atomic E-state index is 13.3. The van der Waals surface area contributed by atoms with Gasteiger partial charge < -0.3 is 14.8 Å². The van der Waals surface area contributed by atoms with E-state index in [2.05, 4.69) is 10.7 Å². The lowest BCUT2D eigenvalue weighted by Crippen LogP contribution is -2.47. The van der Waals surface area contributed by atoms with Crippen molar-refractivity contribution in [1.82, 2.24) is 5.43 Å². The highest BCUT2D eigenvalue weighted by Gasteiger charge is 2.29. The molecule has 1 aromatic heterocycles. The smallest absolute Gasteiger partial charge is 0.291 e. The van der Waals surface area contributed by atoms with Crippen LogP contribution in [-0.4, -0.2) is 30.1 Å². The Kier molecular flexibility index (Phi) is 7.09. The Morgan fingerprint density at radius 1 is 1.09 bits per heavy atom. The van der Waals surface area contributed by atoms with Gasteiger partial charge in [0.05, 0.1) is 6.61 Å². The number of hydrogen-bond donors (Lipinski definition) is 3. The van der Waals surface area contributed by atoms with E-state index >= 15 is 0 Å². The van der Waals surface area contributed by atoms with Gasteiger partial charge in [0.1, 0.15) is 5.69 Å². The van der Waals surface area contributed by atoms with Gasteiger partial charge in [-0.15, -0.1) is 0 Å². The third-order valence-electron chi connectivity index (χ3n) is 5.65. The zero-order valence-corrected chi connectivity index (χ0v) is 18.4. The van der Waals surface area contributed by atoms with Gasteiger partial charge in [-0.2, -0.15) is 0 Å². The van der Waals surface area contributed by atoms with Crippen molar-refractivity contribution in [3.05, 3.63) is 59.3 Å². The van der Waals surface area contributed by atoms with Gasteiger partial charge >= 0.3 is 0 Å². The fourth-order valence-electron chi connectivity index (χ4n) is 4.04. The van der Waals surface area contributed by atoms with Crippen LogP contribution in [0.4, 0.5) is 11.4 Å². The zero-order valence-electron chi connectivity index (χ0n) is 17.6. The van der Waals surface area contributed by atoms with Crippen LogP contribution >= 0.6 is 11.6 Å². The maximum absolute atomic E-state index is 13.3. The molecule has 2 aromatic carbocycles. The third-order valence-corrected chi connectivity index (χ3v) is 5.90. The van der Waals surface area contributed by atoms with Gasteiger partial charge in [-0.1, -0.05) is 43.0 Å². The molecule has 3 N–H and O–H groups in total. The van der Waals surface area contributed by atoms with E-state index in [1.54, 1.807) is 36.4 Å². The first-order valence-electron chi connectivity index (χ1n) is 10.8. The van der Waals surface area contributed by atoms with Crippen molar-refractivity contribution in [2.45, 2.75) is 32.1 Å². The standard InChI is InChI=1S/C24H26ClN3O4/c25-18-9-11-19(12-10-18)27-23(30)21-15-17-7-4-8-20(22(17)32-21)28(26-13-14-29)24(31)16-5-2-1-3-6-16/h4,7-12,15-16,26,29H,1-3,5-6,13-14H2,(H,27,30). The minimum atomic E-state index is -0.400. The molecule has 0 radical (unpaired) electrons. The van der Waals surface area contributed by atoms with Crippen molar-refractivity contribution in [2.75, 3.05) is 23.5 Å². The summed E-state index contributed by atoms with van der Waals surface area (Å²) in [6.07, 6.45) is 4.90. The number of halogens is 1. The molecule has 32 heavy (non-hydrogen) atoms. The molecular formula is C24H26ClN3O4. The molecule has 8 heteroatoms. The van der Waals surface area contributed by atoms with E-state index in [0.717, 1.165) is 32.1 Å². The first kappa shape index (κ1) is 22.3. The first-order chi connectivity index (χ1) is 15.6. The van der Waals surface area contributed by atoms with E-state index in [0.29, 0.717) is 27.4 Å². The van der Waals surface area contributed by atoms with Gasteiger partial charge in [0.25, 0.3) is 5.91 Å². The summed E-state index contributed by atoms with van der Waals surface area (Å²) in [5.41, 5.74) is 4.57.